The van der Waals surface area contributed by atoms with E-state index in [1.54, 1.807) is 0 Å². The maximum Gasteiger partial charge on any atom is 2.00 e. The summed E-state index contributed by atoms with van der Waals surface area (Å²) in [6.45, 7) is 9.37. The Kier molecular flexibility index (Phi) is 70.6. The van der Waals surface area contributed by atoms with Gasteiger partial charge in [-0.1, -0.05) is 320 Å². The minimum Gasteiger partial charge on any atom is -0.744 e. The van der Waals surface area contributed by atoms with Crippen LogP contribution < -0.4 is 0 Å². The zero-order valence-electron chi connectivity index (χ0n) is 66.7. The van der Waals surface area contributed by atoms with Crippen LogP contribution in [-0.4, -0.2) is 114 Å². The molecule has 0 radical (unpaired) electrons. The molecule has 0 bridgehead atoms. The number of carbonyl (C=O) groups excluding carboxylic acids is 4. The van der Waals surface area contributed by atoms with Crippen molar-refractivity contribution in [3.05, 3.63) is 107 Å². The summed E-state index contributed by atoms with van der Waals surface area (Å²) < 4.78 is 93.2. The van der Waals surface area contributed by atoms with Crippen molar-refractivity contribution < 1.29 is 64.1 Å². The van der Waals surface area contributed by atoms with Gasteiger partial charge in [0.05, 0.1) is 58.5 Å². The van der Waals surface area contributed by atoms with Crippen LogP contribution >= 0.6 is 0 Å². The molecular formula is C88H146CaO14S2. The van der Waals surface area contributed by atoms with E-state index in [-0.39, 0.29) is 75.3 Å². The molecule has 2 aromatic carbocycles. The van der Waals surface area contributed by atoms with Crippen LogP contribution in [0.25, 0.3) is 0 Å². The number of benzene rings is 2. The fourth-order valence-electron chi connectivity index (χ4n) is 12.6. The van der Waals surface area contributed by atoms with Crippen molar-refractivity contribution >= 4 is 81.9 Å². The number of hydrogen-bond donors (Lipinski definition) is 0. The van der Waals surface area contributed by atoms with Gasteiger partial charge in [-0.15, -0.1) is 0 Å². The summed E-state index contributed by atoms with van der Waals surface area (Å²) in [5.74, 6) is -3.71. The first-order chi connectivity index (χ1) is 50.6. The van der Waals surface area contributed by atoms with Crippen LogP contribution in [0.15, 0.2) is 94.8 Å². The summed E-state index contributed by atoms with van der Waals surface area (Å²) >= 11 is 0. The molecule has 0 aliphatic carbocycles. The second-order valence-corrected chi connectivity index (χ2v) is 31.3. The molecule has 0 spiro atoms. The molecule has 105 heavy (non-hydrogen) atoms. The van der Waals surface area contributed by atoms with Gasteiger partial charge in [0, 0.05) is 0 Å². The first-order valence-electron chi connectivity index (χ1n) is 42.1. The molecule has 0 aromatic heterocycles. The number of ether oxygens (including phenoxy) is 4. The van der Waals surface area contributed by atoms with Gasteiger partial charge in [0.1, 0.15) is 20.2 Å². The van der Waals surface area contributed by atoms with Gasteiger partial charge >= 0.3 is 61.6 Å². The van der Waals surface area contributed by atoms with Gasteiger partial charge in [-0.3, -0.25) is 0 Å². The predicted octanol–water partition coefficient (Wildman–Crippen LogP) is 25.6. The van der Waals surface area contributed by atoms with Crippen molar-refractivity contribution in [1.82, 2.24) is 0 Å². The smallest absolute Gasteiger partial charge is 0.744 e. The van der Waals surface area contributed by atoms with Crippen molar-refractivity contribution in [3.8, 4) is 0 Å². The Labute approximate surface area is 671 Å². The molecule has 0 unspecified atom stereocenters. The molecule has 0 saturated heterocycles. The molecule has 596 valence electrons. The zero-order valence-corrected chi connectivity index (χ0v) is 70.6. The van der Waals surface area contributed by atoms with Gasteiger partial charge < -0.3 is 28.1 Å². The van der Waals surface area contributed by atoms with E-state index in [0.29, 0.717) is 25.7 Å². The van der Waals surface area contributed by atoms with Gasteiger partial charge in [0.15, 0.2) is 0 Å². The summed E-state index contributed by atoms with van der Waals surface area (Å²) in [5, 5.41) is 0. The van der Waals surface area contributed by atoms with Crippen LogP contribution in [0.5, 0.6) is 0 Å². The van der Waals surface area contributed by atoms with Crippen molar-refractivity contribution in [1.29, 1.82) is 0 Å². The van der Waals surface area contributed by atoms with E-state index in [0.717, 1.165) is 89.2 Å². The molecule has 17 heteroatoms. The molecule has 0 aliphatic heterocycles. The second kappa shape index (κ2) is 73.2. The van der Waals surface area contributed by atoms with Crippen molar-refractivity contribution in [2.24, 2.45) is 0 Å². The number of esters is 4. The summed E-state index contributed by atoms with van der Waals surface area (Å²) in [5.41, 5.74) is -1.64. The van der Waals surface area contributed by atoms with Crippen molar-refractivity contribution in [2.75, 3.05) is 26.4 Å². The monoisotopic (exact) mass is 1530 g/mol. The number of rotatable bonds is 70. The third kappa shape index (κ3) is 58.9. The fourth-order valence-corrected chi connectivity index (χ4v) is 14.0. The van der Waals surface area contributed by atoms with E-state index in [1.165, 1.54) is 281 Å². The molecule has 0 atom stereocenters. The summed E-state index contributed by atoms with van der Waals surface area (Å²) in [4.78, 5) is 50.2. The van der Waals surface area contributed by atoms with E-state index in [9.17, 15) is 45.1 Å². The number of allylic oxidation sites excluding steroid dienone is 8. The van der Waals surface area contributed by atoms with Gasteiger partial charge in [-0.05, 0) is 153 Å². The summed E-state index contributed by atoms with van der Waals surface area (Å²) in [7, 11) is -10.0. The Hall–Kier alpha value is -3.64. The van der Waals surface area contributed by atoms with Crippen LogP contribution in [0.3, 0.4) is 0 Å². The molecule has 2 aromatic rings. The Balaban J connectivity index is 0.00000204. The Bertz CT molecular complexity index is 2610. The van der Waals surface area contributed by atoms with Crippen LogP contribution in [0.2, 0.25) is 0 Å². The molecule has 0 saturated carbocycles. The molecular weight excluding hydrogens is 1390 g/mol. The maximum absolute atomic E-state index is 13.0. The third-order valence-electron chi connectivity index (χ3n) is 19.0. The number of hydrogen-bond acceptors (Lipinski definition) is 14. The predicted molar refractivity (Wildman–Crippen MR) is 434 cm³/mol. The first-order valence-corrected chi connectivity index (χ1v) is 44.9. The Morgan fingerprint density at radius 2 is 0.438 bits per heavy atom. The summed E-state index contributed by atoms with van der Waals surface area (Å²) in [6.07, 6.45) is 84.0. The van der Waals surface area contributed by atoms with Crippen LogP contribution in [-0.2, 0) is 39.2 Å². The van der Waals surface area contributed by atoms with Crippen LogP contribution in [0.1, 0.15) is 429 Å². The van der Waals surface area contributed by atoms with Gasteiger partial charge in [-0.2, -0.15) is 0 Å². The van der Waals surface area contributed by atoms with Crippen LogP contribution in [0, 0.1) is 0 Å². The molecule has 0 amide bonds. The minimum atomic E-state index is -5.02. The van der Waals surface area contributed by atoms with E-state index in [1.807, 2.05) is 0 Å². The molecule has 0 fully saturated rings. The van der Waals surface area contributed by atoms with E-state index in [4.69, 9.17) is 18.9 Å². The second-order valence-electron chi connectivity index (χ2n) is 28.6. The normalized spacial score (nSPS) is 11.8. The van der Waals surface area contributed by atoms with E-state index >= 15 is 0 Å². The molecule has 14 nitrogen and oxygen atoms in total. The average molecular weight is 1530 g/mol. The van der Waals surface area contributed by atoms with Gasteiger partial charge in [0.25, 0.3) is 0 Å². The molecule has 2 rings (SSSR count). The van der Waals surface area contributed by atoms with E-state index in [2.05, 4.69) is 76.3 Å². The minimum absolute atomic E-state index is 0. The van der Waals surface area contributed by atoms with Crippen LogP contribution in [0.4, 0.5) is 0 Å². The standard InChI is InChI=1S/2C44H74O7S.Ca/c2*1-3-5-7-9-11-13-15-17-19-21-23-25-27-29-31-33-38-50-43(45)40-36-35-37-41(52(47,48)49)42(40)44(46)51-39-34-32-30-28-26-24-22-20-18-16-14-12-10-8-6-4-2;/h2*25-28,35-37H,3-24,29-34,38-39H2,1-2H3,(H,47,48,49);/q;;+2/p-2/b2*27-25+,28-26+;. The van der Waals surface area contributed by atoms with Gasteiger partial charge in [-0.25, -0.2) is 36.0 Å². The largest absolute Gasteiger partial charge is 2.00 e. The van der Waals surface area contributed by atoms with Crippen molar-refractivity contribution in [2.45, 2.75) is 397 Å². The van der Waals surface area contributed by atoms with E-state index < -0.39 is 65.0 Å². The van der Waals surface area contributed by atoms with Crippen molar-refractivity contribution in [3.63, 3.8) is 0 Å². The molecule has 0 aliphatic rings. The Morgan fingerprint density at radius 3 is 0.629 bits per heavy atom. The molecule has 0 heterocycles. The Morgan fingerprint density at radius 1 is 0.267 bits per heavy atom. The zero-order chi connectivity index (χ0) is 75.9. The number of carbonyl (C=O) groups is 4. The fraction of sp³-hybridized carbons (Fsp3) is 0.727. The number of unbranched alkanes of at least 4 members (excludes halogenated alkanes) is 48. The third-order valence-corrected chi connectivity index (χ3v) is 20.8. The average Bonchev–Trinajstić information content (AvgIpc) is 0.799. The topological polar surface area (TPSA) is 220 Å². The van der Waals surface area contributed by atoms with Gasteiger partial charge in [0.2, 0.25) is 0 Å². The summed E-state index contributed by atoms with van der Waals surface area (Å²) in [6, 6.07) is 7.17. The first kappa shape index (κ1) is 101. The quantitative estimate of drug-likeness (QED) is 0.0150. The SMILES string of the molecule is CCCCCCCCCCCC/C=C/CCCCOC(=O)c1cccc(S(=O)(=O)[O-])c1C(=O)OCCCC/C=C/CCCCCCCCCCCC.CCCCCCCCCCCC/C=C/CCCCOC(=O)c1cccc(S(=O)(=O)[O-])c1C(=O)OCCCC/C=C/CCCCCCCCCCCC.[Ca+2]. The maximum atomic E-state index is 13.0. The molecule has 0 N–H and O–H groups in total.